The van der Waals surface area contributed by atoms with Gasteiger partial charge < -0.3 is 16.2 Å². The van der Waals surface area contributed by atoms with Gasteiger partial charge in [-0.15, -0.1) is 0 Å². The second-order valence-corrected chi connectivity index (χ2v) is 5.99. The van der Waals surface area contributed by atoms with E-state index in [-0.39, 0.29) is 18.6 Å². The smallest absolute Gasteiger partial charge is 0.225 e. The van der Waals surface area contributed by atoms with Crippen molar-refractivity contribution in [2.75, 3.05) is 30.7 Å². The van der Waals surface area contributed by atoms with Crippen molar-refractivity contribution in [2.24, 2.45) is 5.92 Å². The van der Waals surface area contributed by atoms with Gasteiger partial charge in [-0.1, -0.05) is 18.5 Å². The van der Waals surface area contributed by atoms with Crippen LogP contribution in [-0.4, -0.2) is 41.7 Å². The molecule has 6 heteroatoms. The number of likely N-dealkylation sites (tertiary alicyclic amines) is 1. The molecule has 1 aliphatic rings. The molecule has 0 aliphatic carbocycles. The molecule has 5 nitrogen and oxygen atoms in total. The fourth-order valence-corrected chi connectivity index (χ4v) is 2.87. The van der Waals surface area contributed by atoms with Crippen LogP contribution in [0.15, 0.2) is 18.2 Å². The van der Waals surface area contributed by atoms with Gasteiger partial charge in [0.1, 0.15) is 0 Å². The average molecular weight is 312 g/mol. The van der Waals surface area contributed by atoms with E-state index in [2.05, 4.69) is 17.1 Å². The molecule has 2 unspecified atom stereocenters. The van der Waals surface area contributed by atoms with Gasteiger partial charge in [-0.05, 0) is 37.1 Å². The Labute approximate surface area is 130 Å². The van der Waals surface area contributed by atoms with Gasteiger partial charge >= 0.3 is 0 Å². The number of nitrogens with zero attached hydrogens (tertiary/aromatic N) is 1. The molecule has 0 aromatic heterocycles. The molecular weight excluding hydrogens is 290 g/mol. The van der Waals surface area contributed by atoms with Crippen molar-refractivity contribution in [3.8, 4) is 0 Å². The van der Waals surface area contributed by atoms with E-state index in [1.54, 1.807) is 18.2 Å². The van der Waals surface area contributed by atoms with E-state index < -0.39 is 0 Å². The van der Waals surface area contributed by atoms with Crippen LogP contribution in [0.5, 0.6) is 0 Å². The molecule has 1 saturated heterocycles. The molecule has 0 saturated carbocycles. The molecule has 0 spiro atoms. The SMILES string of the molecule is CC1CCN(CCC(=O)Nc2ccc(Cl)c(N)c2)C1CO. The number of hydrogen-bond donors (Lipinski definition) is 3. The van der Waals surface area contributed by atoms with Crippen molar-refractivity contribution >= 4 is 28.9 Å². The molecule has 1 fully saturated rings. The van der Waals surface area contributed by atoms with Crippen LogP contribution in [0.1, 0.15) is 19.8 Å². The van der Waals surface area contributed by atoms with Crippen LogP contribution in [0.4, 0.5) is 11.4 Å². The third-order valence-electron chi connectivity index (χ3n) is 4.09. The van der Waals surface area contributed by atoms with Crippen molar-refractivity contribution in [1.29, 1.82) is 0 Å². The highest BCUT2D eigenvalue weighted by Gasteiger charge is 2.30. The topological polar surface area (TPSA) is 78.6 Å². The number of nitrogens with two attached hydrogens (primary N) is 1. The van der Waals surface area contributed by atoms with Crippen molar-refractivity contribution in [3.05, 3.63) is 23.2 Å². The molecule has 0 radical (unpaired) electrons. The van der Waals surface area contributed by atoms with E-state index in [9.17, 15) is 9.90 Å². The second-order valence-electron chi connectivity index (χ2n) is 5.59. The zero-order chi connectivity index (χ0) is 15.4. The van der Waals surface area contributed by atoms with Gasteiger partial charge in [0.2, 0.25) is 5.91 Å². The number of aliphatic hydroxyl groups is 1. The van der Waals surface area contributed by atoms with Gasteiger partial charge in [-0.25, -0.2) is 0 Å². The Kier molecular flexibility index (Phi) is 5.45. The number of halogens is 1. The number of carbonyl (C=O) groups is 1. The summed E-state index contributed by atoms with van der Waals surface area (Å²) < 4.78 is 0. The molecule has 1 aliphatic heterocycles. The molecule has 21 heavy (non-hydrogen) atoms. The highest BCUT2D eigenvalue weighted by atomic mass is 35.5. The van der Waals surface area contributed by atoms with Crippen LogP contribution in [0, 0.1) is 5.92 Å². The van der Waals surface area contributed by atoms with E-state index in [4.69, 9.17) is 17.3 Å². The summed E-state index contributed by atoms with van der Waals surface area (Å²) in [5, 5.41) is 12.7. The highest BCUT2D eigenvalue weighted by Crippen LogP contribution is 2.24. The van der Waals surface area contributed by atoms with E-state index in [1.807, 2.05) is 0 Å². The van der Waals surface area contributed by atoms with Crippen molar-refractivity contribution in [3.63, 3.8) is 0 Å². The largest absolute Gasteiger partial charge is 0.397 e. The third-order valence-corrected chi connectivity index (χ3v) is 4.43. The van der Waals surface area contributed by atoms with Gasteiger partial charge in [0.25, 0.3) is 0 Å². The number of nitrogen functional groups attached to an aromatic ring is 1. The monoisotopic (exact) mass is 311 g/mol. The first-order valence-corrected chi connectivity index (χ1v) is 7.59. The molecule has 1 aromatic rings. The minimum atomic E-state index is -0.0621. The Morgan fingerprint density at radius 3 is 3.00 bits per heavy atom. The number of benzene rings is 1. The zero-order valence-corrected chi connectivity index (χ0v) is 12.9. The lowest BCUT2D eigenvalue weighted by atomic mass is 10.0. The fraction of sp³-hybridized carbons (Fsp3) is 0.533. The summed E-state index contributed by atoms with van der Waals surface area (Å²) in [6.45, 7) is 3.88. The van der Waals surface area contributed by atoms with Crippen LogP contribution in [0.25, 0.3) is 0 Å². The summed E-state index contributed by atoms with van der Waals surface area (Å²) in [5.41, 5.74) is 6.80. The molecule has 1 aromatic carbocycles. The van der Waals surface area contributed by atoms with E-state index in [0.717, 1.165) is 13.0 Å². The van der Waals surface area contributed by atoms with Gasteiger partial charge in [0.15, 0.2) is 0 Å². The molecule has 116 valence electrons. The zero-order valence-electron chi connectivity index (χ0n) is 12.2. The van der Waals surface area contributed by atoms with Gasteiger partial charge in [-0.2, -0.15) is 0 Å². The maximum Gasteiger partial charge on any atom is 0.225 e. The Bertz CT molecular complexity index is 510. The van der Waals surface area contributed by atoms with Crippen LogP contribution < -0.4 is 11.1 Å². The second kappa shape index (κ2) is 7.11. The minimum Gasteiger partial charge on any atom is -0.397 e. The molecule has 2 atom stereocenters. The first kappa shape index (κ1) is 16.1. The first-order chi connectivity index (χ1) is 10.0. The van der Waals surface area contributed by atoms with E-state index >= 15 is 0 Å². The predicted octanol–water partition coefficient (Wildman–Crippen LogP) is 1.95. The summed E-state index contributed by atoms with van der Waals surface area (Å²) in [6.07, 6.45) is 1.46. The average Bonchev–Trinajstić information content (AvgIpc) is 2.81. The quantitative estimate of drug-likeness (QED) is 0.726. The summed E-state index contributed by atoms with van der Waals surface area (Å²) in [6, 6.07) is 5.21. The van der Waals surface area contributed by atoms with Crippen LogP contribution in [-0.2, 0) is 4.79 Å². The number of rotatable bonds is 5. The molecule has 1 amide bonds. The molecular formula is C15H22ClN3O2. The Hall–Kier alpha value is -1.30. The normalized spacial score (nSPS) is 22.4. The Morgan fingerprint density at radius 2 is 2.33 bits per heavy atom. The number of hydrogen-bond acceptors (Lipinski definition) is 4. The lowest BCUT2D eigenvalue weighted by molar-refractivity contribution is -0.116. The molecule has 2 rings (SSSR count). The molecule has 1 heterocycles. The lowest BCUT2D eigenvalue weighted by Gasteiger charge is -2.24. The number of amides is 1. The summed E-state index contributed by atoms with van der Waals surface area (Å²) >= 11 is 5.84. The first-order valence-electron chi connectivity index (χ1n) is 7.21. The van der Waals surface area contributed by atoms with Crippen molar-refractivity contribution in [2.45, 2.75) is 25.8 Å². The summed E-state index contributed by atoms with van der Waals surface area (Å²) in [7, 11) is 0. The van der Waals surface area contributed by atoms with Gasteiger partial charge in [0, 0.05) is 24.7 Å². The standard InChI is InChI=1S/C15H22ClN3O2/c1-10-4-6-19(14(10)9-20)7-5-15(21)18-11-2-3-12(16)13(17)8-11/h2-3,8,10,14,20H,4-7,9,17H2,1H3,(H,18,21). The van der Waals surface area contributed by atoms with Crippen LogP contribution in [0.2, 0.25) is 5.02 Å². The molecule has 0 bridgehead atoms. The van der Waals surface area contributed by atoms with Crippen LogP contribution in [0.3, 0.4) is 0 Å². The fourth-order valence-electron chi connectivity index (χ4n) is 2.75. The van der Waals surface area contributed by atoms with Crippen LogP contribution >= 0.6 is 11.6 Å². The minimum absolute atomic E-state index is 0.0621. The van der Waals surface area contributed by atoms with Crippen molar-refractivity contribution < 1.29 is 9.90 Å². The number of anilines is 2. The van der Waals surface area contributed by atoms with Gasteiger partial charge in [0.05, 0.1) is 17.3 Å². The maximum absolute atomic E-state index is 12.0. The Balaban J connectivity index is 1.83. The summed E-state index contributed by atoms with van der Waals surface area (Å²) in [5.74, 6) is 0.419. The lowest BCUT2D eigenvalue weighted by Crippen LogP contribution is -2.37. The Morgan fingerprint density at radius 1 is 1.57 bits per heavy atom. The number of aliphatic hydroxyl groups excluding tert-OH is 1. The van der Waals surface area contributed by atoms with Gasteiger partial charge in [-0.3, -0.25) is 9.69 Å². The number of nitrogens with one attached hydrogen (secondary N) is 1. The predicted molar refractivity (Wildman–Crippen MR) is 85.3 cm³/mol. The third kappa shape index (κ3) is 4.09. The summed E-state index contributed by atoms with van der Waals surface area (Å²) in [4.78, 5) is 14.1. The number of carbonyl (C=O) groups excluding carboxylic acids is 1. The highest BCUT2D eigenvalue weighted by molar-refractivity contribution is 6.33. The van der Waals surface area contributed by atoms with Crippen molar-refractivity contribution in [1.82, 2.24) is 4.90 Å². The van der Waals surface area contributed by atoms with E-state index in [1.165, 1.54) is 0 Å². The van der Waals surface area contributed by atoms with E-state index in [0.29, 0.717) is 35.3 Å². The maximum atomic E-state index is 12.0. The molecule has 4 N–H and O–H groups in total.